The molecule has 1 aromatic heterocycles. The smallest absolute Gasteiger partial charge is 0.234 e. The normalized spacial score (nSPS) is 9.58. The summed E-state index contributed by atoms with van der Waals surface area (Å²) in [6, 6.07) is 7.92. The van der Waals surface area contributed by atoms with Crippen LogP contribution >= 0.6 is 24.8 Å². The lowest BCUT2D eigenvalue weighted by molar-refractivity contribution is -0.120. The molecule has 0 bridgehead atoms. The average Bonchev–Trinajstić information content (AvgIpc) is 2.65. The Bertz CT molecular complexity index is 542. The lowest BCUT2D eigenvalue weighted by Crippen LogP contribution is -2.32. The van der Waals surface area contributed by atoms with Crippen LogP contribution in [0.5, 0.6) is 0 Å². The van der Waals surface area contributed by atoms with Gasteiger partial charge in [-0.05, 0) is 19.2 Å². The summed E-state index contributed by atoms with van der Waals surface area (Å²) in [6.07, 6.45) is 0. The number of aryl methyl sites for hydroxylation is 1. The average molecular weight is 305 g/mol. The van der Waals surface area contributed by atoms with Crippen LogP contribution in [0.3, 0.4) is 0 Å². The van der Waals surface area contributed by atoms with Crippen molar-refractivity contribution in [2.24, 2.45) is 7.05 Å². The molecule has 1 amide bonds. The molecule has 1 heterocycles. The van der Waals surface area contributed by atoms with Crippen LogP contribution in [-0.2, 0) is 18.4 Å². The molecule has 0 aliphatic carbocycles. The minimum absolute atomic E-state index is 0. The Kier molecular flexibility index (Phi) is 7.44. The number of nitrogens with one attached hydrogen (secondary N) is 2. The van der Waals surface area contributed by atoms with Crippen LogP contribution in [0.15, 0.2) is 24.3 Å². The third-order valence-corrected chi connectivity index (χ3v) is 2.66. The minimum Gasteiger partial charge on any atom is -0.348 e. The Morgan fingerprint density at radius 1 is 1.32 bits per heavy atom. The van der Waals surface area contributed by atoms with Gasteiger partial charge in [0, 0.05) is 7.05 Å². The molecule has 0 unspecified atom stereocenters. The molecule has 2 rings (SSSR count). The number of likely N-dealkylation sites (N-methyl/N-ethyl adjacent to an activating group) is 1. The van der Waals surface area contributed by atoms with E-state index < -0.39 is 0 Å². The van der Waals surface area contributed by atoms with E-state index in [0.717, 1.165) is 16.9 Å². The molecule has 19 heavy (non-hydrogen) atoms. The third-order valence-electron chi connectivity index (χ3n) is 2.66. The maximum atomic E-state index is 11.3. The number of para-hydroxylation sites is 2. The molecule has 0 radical (unpaired) electrons. The number of halogens is 2. The quantitative estimate of drug-likeness (QED) is 0.894. The van der Waals surface area contributed by atoms with Gasteiger partial charge in [0.15, 0.2) is 0 Å². The van der Waals surface area contributed by atoms with Gasteiger partial charge in [0.25, 0.3) is 0 Å². The van der Waals surface area contributed by atoms with E-state index in [9.17, 15) is 4.79 Å². The van der Waals surface area contributed by atoms with E-state index in [2.05, 4.69) is 15.6 Å². The van der Waals surface area contributed by atoms with E-state index in [-0.39, 0.29) is 30.7 Å². The summed E-state index contributed by atoms with van der Waals surface area (Å²) < 4.78 is 2.00. The van der Waals surface area contributed by atoms with Gasteiger partial charge < -0.3 is 15.2 Å². The second-order valence-corrected chi connectivity index (χ2v) is 3.88. The Labute approximate surface area is 124 Å². The van der Waals surface area contributed by atoms with E-state index in [4.69, 9.17) is 0 Å². The Hall–Kier alpha value is -1.30. The van der Waals surface area contributed by atoms with Crippen LogP contribution in [0.1, 0.15) is 5.82 Å². The van der Waals surface area contributed by atoms with Crippen LogP contribution in [0.4, 0.5) is 0 Å². The highest BCUT2D eigenvalue weighted by Crippen LogP contribution is 2.13. The second-order valence-electron chi connectivity index (χ2n) is 3.88. The molecule has 7 heteroatoms. The largest absolute Gasteiger partial charge is 0.348 e. The Morgan fingerprint density at radius 3 is 2.63 bits per heavy atom. The van der Waals surface area contributed by atoms with Gasteiger partial charge in [0.2, 0.25) is 5.91 Å². The fraction of sp³-hybridized carbons (Fsp3) is 0.333. The summed E-state index contributed by atoms with van der Waals surface area (Å²) in [7, 11) is 3.70. The first-order chi connectivity index (χ1) is 8.22. The van der Waals surface area contributed by atoms with Crippen molar-refractivity contribution in [2.45, 2.75) is 6.54 Å². The fourth-order valence-electron chi connectivity index (χ4n) is 1.75. The maximum absolute atomic E-state index is 11.3. The monoisotopic (exact) mass is 304 g/mol. The highest BCUT2D eigenvalue weighted by atomic mass is 35.5. The van der Waals surface area contributed by atoms with E-state index >= 15 is 0 Å². The Balaban J connectivity index is 0.00000162. The number of carbonyl (C=O) groups is 1. The summed E-state index contributed by atoms with van der Waals surface area (Å²) in [5.74, 6) is 0.829. The van der Waals surface area contributed by atoms with E-state index in [0.29, 0.717) is 13.1 Å². The number of fused-ring (bicyclic) bond motifs is 1. The van der Waals surface area contributed by atoms with Crippen LogP contribution < -0.4 is 10.6 Å². The molecule has 0 atom stereocenters. The van der Waals surface area contributed by atoms with Crippen molar-refractivity contribution in [1.82, 2.24) is 20.2 Å². The number of nitrogens with zero attached hydrogens (tertiary/aromatic N) is 2. The highest BCUT2D eigenvalue weighted by molar-refractivity contribution is 5.85. The molecule has 0 fully saturated rings. The van der Waals surface area contributed by atoms with Gasteiger partial charge in [-0.1, -0.05) is 12.1 Å². The lowest BCUT2D eigenvalue weighted by atomic mass is 10.3. The molecule has 1 aromatic carbocycles. The summed E-state index contributed by atoms with van der Waals surface area (Å²) >= 11 is 0. The van der Waals surface area contributed by atoms with Crippen molar-refractivity contribution in [3.63, 3.8) is 0 Å². The first kappa shape index (κ1) is 17.7. The summed E-state index contributed by atoms with van der Waals surface area (Å²) in [5, 5.41) is 5.62. The number of benzene rings is 1. The predicted molar refractivity (Wildman–Crippen MR) is 81.0 cm³/mol. The third kappa shape index (κ3) is 4.09. The van der Waals surface area contributed by atoms with Crippen LogP contribution in [-0.4, -0.2) is 29.1 Å². The van der Waals surface area contributed by atoms with Crippen molar-refractivity contribution in [1.29, 1.82) is 0 Å². The Morgan fingerprint density at radius 2 is 2.00 bits per heavy atom. The number of hydrogen-bond acceptors (Lipinski definition) is 3. The first-order valence-corrected chi connectivity index (χ1v) is 5.54. The topological polar surface area (TPSA) is 59.0 Å². The fourth-order valence-corrected chi connectivity index (χ4v) is 1.75. The molecule has 0 aliphatic heterocycles. The minimum atomic E-state index is -0.0282. The molecular weight excluding hydrogens is 287 g/mol. The molecule has 0 saturated heterocycles. The van der Waals surface area contributed by atoms with Gasteiger partial charge in [-0.25, -0.2) is 4.98 Å². The number of rotatable bonds is 4. The molecule has 0 saturated carbocycles. The molecular formula is C12H18Cl2N4O. The van der Waals surface area contributed by atoms with Gasteiger partial charge in [-0.2, -0.15) is 0 Å². The van der Waals surface area contributed by atoms with Crippen LogP contribution in [0.2, 0.25) is 0 Å². The second kappa shape index (κ2) is 7.99. The number of imidazole rings is 1. The number of aromatic nitrogens is 2. The van der Waals surface area contributed by atoms with E-state index in [1.54, 1.807) is 7.05 Å². The molecule has 2 N–H and O–H groups in total. The van der Waals surface area contributed by atoms with E-state index in [1.165, 1.54) is 0 Å². The zero-order chi connectivity index (χ0) is 12.3. The molecule has 5 nitrogen and oxygen atoms in total. The van der Waals surface area contributed by atoms with Crippen molar-refractivity contribution in [2.75, 3.05) is 13.6 Å². The molecule has 0 spiro atoms. The van der Waals surface area contributed by atoms with Gasteiger partial charge >= 0.3 is 0 Å². The summed E-state index contributed by atoms with van der Waals surface area (Å²) in [4.78, 5) is 15.8. The van der Waals surface area contributed by atoms with Gasteiger partial charge in [-0.3, -0.25) is 4.79 Å². The van der Waals surface area contributed by atoms with Crippen molar-refractivity contribution in [3.05, 3.63) is 30.1 Å². The SMILES string of the molecule is CNCC(=O)NCc1nc2ccccc2n1C.Cl.Cl. The van der Waals surface area contributed by atoms with Crippen molar-refractivity contribution >= 4 is 41.8 Å². The van der Waals surface area contributed by atoms with Gasteiger partial charge in [0.05, 0.1) is 24.1 Å². The molecule has 106 valence electrons. The maximum Gasteiger partial charge on any atom is 0.234 e. The number of amides is 1. The van der Waals surface area contributed by atoms with E-state index in [1.807, 2.05) is 35.9 Å². The van der Waals surface area contributed by atoms with Crippen LogP contribution in [0, 0.1) is 0 Å². The van der Waals surface area contributed by atoms with Crippen LogP contribution in [0.25, 0.3) is 11.0 Å². The first-order valence-electron chi connectivity index (χ1n) is 5.54. The number of carbonyl (C=O) groups excluding carboxylic acids is 1. The lowest BCUT2D eigenvalue weighted by Gasteiger charge is -2.04. The van der Waals surface area contributed by atoms with Gasteiger partial charge in [0.1, 0.15) is 5.82 Å². The predicted octanol–water partition coefficient (Wildman–Crippen LogP) is 1.25. The zero-order valence-electron chi connectivity index (χ0n) is 10.8. The summed E-state index contributed by atoms with van der Waals surface area (Å²) in [5.41, 5.74) is 2.03. The molecule has 2 aromatic rings. The van der Waals surface area contributed by atoms with Gasteiger partial charge in [-0.15, -0.1) is 24.8 Å². The molecule has 0 aliphatic rings. The number of hydrogen-bond donors (Lipinski definition) is 2. The summed E-state index contributed by atoms with van der Waals surface area (Å²) in [6.45, 7) is 0.773. The highest BCUT2D eigenvalue weighted by Gasteiger charge is 2.07. The van der Waals surface area contributed by atoms with Crippen molar-refractivity contribution < 1.29 is 4.79 Å². The van der Waals surface area contributed by atoms with Crippen molar-refractivity contribution in [3.8, 4) is 0 Å². The zero-order valence-corrected chi connectivity index (χ0v) is 12.5. The standard InChI is InChI=1S/C12H16N4O.2ClH/c1-13-8-12(17)14-7-11-15-9-5-3-4-6-10(9)16(11)2;;/h3-6,13H,7-8H2,1-2H3,(H,14,17);2*1H.